The van der Waals surface area contributed by atoms with Crippen LogP contribution < -0.4 is 20.3 Å². The van der Waals surface area contributed by atoms with Crippen molar-refractivity contribution in [2.75, 3.05) is 38.0 Å². The predicted molar refractivity (Wildman–Crippen MR) is 165 cm³/mol. The Kier molecular flexibility index (Phi) is 8.75. The Hall–Kier alpha value is -2.86. The molecule has 1 aliphatic rings. The standard InChI is InChI=1S/C33H49N5O/c1-32(2,3)24-18-23(29(39-9)27(19-24)33(4,5)6)21-34-20-22-14-16-25(17-15-22)35-31-36-28-13-11-10-12-26(28)30(37-31)38(7)8/h10-13,18-19,22,25,34H,14-17,20-21H2,1-9H3,(H,35,36,37)/t22-,25+. The summed E-state index contributed by atoms with van der Waals surface area (Å²) in [6, 6.07) is 13.3. The normalized spacial score (nSPS) is 18.3. The first kappa shape index (κ1) is 29.1. The quantitative estimate of drug-likeness (QED) is 0.324. The monoisotopic (exact) mass is 531 g/mol. The van der Waals surface area contributed by atoms with E-state index in [4.69, 9.17) is 14.7 Å². The average Bonchev–Trinajstić information content (AvgIpc) is 2.87. The number of hydrogen-bond donors (Lipinski definition) is 2. The summed E-state index contributed by atoms with van der Waals surface area (Å²) in [7, 11) is 5.88. The van der Waals surface area contributed by atoms with Gasteiger partial charge < -0.3 is 20.3 Å². The van der Waals surface area contributed by atoms with E-state index in [9.17, 15) is 0 Å². The maximum absolute atomic E-state index is 5.97. The molecule has 1 heterocycles. The first-order valence-electron chi connectivity index (χ1n) is 14.5. The molecule has 0 atom stereocenters. The van der Waals surface area contributed by atoms with Crippen molar-refractivity contribution in [3.05, 3.63) is 53.1 Å². The molecule has 0 saturated heterocycles. The van der Waals surface area contributed by atoms with Crippen LogP contribution in [0.3, 0.4) is 0 Å². The molecule has 1 aromatic heterocycles. The van der Waals surface area contributed by atoms with Crippen LogP contribution in [0.15, 0.2) is 36.4 Å². The molecule has 1 fully saturated rings. The van der Waals surface area contributed by atoms with Crippen LogP contribution in [-0.2, 0) is 17.4 Å². The summed E-state index contributed by atoms with van der Waals surface area (Å²) < 4.78 is 5.97. The van der Waals surface area contributed by atoms with Crippen LogP contribution in [-0.4, -0.2) is 43.8 Å². The highest BCUT2D eigenvalue weighted by Gasteiger charge is 2.26. The Balaban J connectivity index is 1.36. The van der Waals surface area contributed by atoms with Gasteiger partial charge in [-0.3, -0.25) is 0 Å². The topological polar surface area (TPSA) is 62.3 Å². The number of fused-ring (bicyclic) bond motifs is 1. The summed E-state index contributed by atoms with van der Waals surface area (Å²) >= 11 is 0. The third kappa shape index (κ3) is 7.02. The molecule has 0 spiro atoms. The number of ether oxygens (including phenoxy) is 1. The van der Waals surface area contributed by atoms with Gasteiger partial charge in [-0.05, 0) is 66.7 Å². The first-order valence-corrected chi connectivity index (χ1v) is 14.5. The van der Waals surface area contributed by atoms with Crippen molar-refractivity contribution in [1.29, 1.82) is 0 Å². The lowest BCUT2D eigenvalue weighted by Gasteiger charge is -2.30. The minimum absolute atomic E-state index is 0.0226. The van der Waals surface area contributed by atoms with Gasteiger partial charge in [0.1, 0.15) is 11.6 Å². The van der Waals surface area contributed by atoms with Crippen molar-refractivity contribution in [3.8, 4) is 5.75 Å². The van der Waals surface area contributed by atoms with Gasteiger partial charge >= 0.3 is 0 Å². The van der Waals surface area contributed by atoms with E-state index >= 15 is 0 Å². The SMILES string of the molecule is COc1c(CNC[C@H]2CC[C@@H](Nc3nc(N(C)C)c4ccccc4n3)CC2)cc(C(C)(C)C)cc1C(C)(C)C. The molecule has 1 aliphatic carbocycles. The van der Waals surface area contributed by atoms with E-state index in [1.54, 1.807) is 7.11 Å². The molecular formula is C33H49N5O. The van der Waals surface area contributed by atoms with Gasteiger partial charge in [-0.2, -0.15) is 4.98 Å². The van der Waals surface area contributed by atoms with Crippen LogP contribution in [0.4, 0.5) is 11.8 Å². The molecule has 212 valence electrons. The van der Waals surface area contributed by atoms with E-state index in [1.807, 2.05) is 26.2 Å². The van der Waals surface area contributed by atoms with Crippen molar-refractivity contribution < 1.29 is 4.74 Å². The van der Waals surface area contributed by atoms with E-state index in [-0.39, 0.29) is 10.8 Å². The van der Waals surface area contributed by atoms with E-state index in [0.29, 0.717) is 12.0 Å². The zero-order valence-corrected chi connectivity index (χ0v) is 25.6. The highest BCUT2D eigenvalue weighted by molar-refractivity contribution is 5.90. The fourth-order valence-electron chi connectivity index (χ4n) is 5.62. The summed E-state index contributed by atoms with van der Waals surface area (Å²) in [5.41, 5.74) is 5.01. The molecule has 0 unspecified atom stereocenters. The lowest BCUT2D eigenvalue weighted by Crippen LogP contribution is -2.32. The maximum atomic E-state index is 5.97. The van der Waals surface area contributed by atoms with Gasteiger partial charge in [0.2, 0.25) is 5.95 Å². The minimum Gasteiger partial charge on any atom is -0.496 e. The van der Waals surface area contributed by atoms with Crippen molar-refractivity contribution in [2.24, 2.45) is 5.92 Å². The number of anilines is 2. The van der Waals surface area contributed by atoms with Crippen LogP contribution in [0.1, 0.15) is 83.9 Å². The molecule has 3 aromatic rings. The fraction of sp³-hybridized carbons (Fsp3) is 0.576. The third-order valence-corrected chi connectivity index (χ3v) is 7.98. The van der Waals surface area contributed by atoms with Gasteiger partial charge in [0, 0.05) is 43.2 Å². The second-order valence-electron chi connectivity index (χ2n) is 13.5. The molecule has 2 N–H and O–H groups in total. The second-order valence-corrected chi connectivity index (χ2v) is 13.5. The molecule has 0 aliphatic heterocycles. The molecule has 1 saturated carbocycles. The lowest BCUT2D eigenvalue weighted by molar-refractivity contribution is 0.322. The zero-order valence-electron chi connectivity index (χ0n) is 25.6. The fourth-order valence-corrected chi connectivity index (χ4v) is 5.62. The Morgan fingerprint density at radius 3 is 2.23 bits per heavy atom. The highest BCUT2D eigenvalue weighted by atomic mass is 16.5. The predicted octanol–water partition coefficient (Wildman–Crippen LogP) is 7.06. The zero-order chi connectivity index (χ0) is 28.4. The number of nitrogens with zero attached hydrogens (tertiary/aromatic N) is 3. The van der Waals surface area contributed by atoms with Gasteiger partial charge in [-0.25, -0.2) is 4.98 Å². The van der Waals surface area contributed by atoms with Crippen LogP contribution in [0.25, 0.3) is 10.9 Å². The van der Waals surface area contributed by atoms with Crippen LogP contribution in [0.2, 0.25) is 0 Å². The number of benzene rings is 2. The van der Waals surface area contributed by atoms with Gasteiger partial charge in [-0.1, -0.05) is 65.8 Å². The van der Waals surface area contributed by atoms with Crippen LogP contribution in [0.5, 0.6) is 5.75 Å². The Morgan fingerprint density at radius 1 is 0.923 bits per heavy atom. The number of rotatable bonds is 8. The van der Waals surface area contributed by atoms with E-state index < -0.39 is 0 Å². The Bertz CT molecular complexity index is 1260. The summed E-state index contributed by atoms with van der Waals surface area (Å²) in [4.78, 5) is 11.7. The van der Waals surface area contributed by atoms with E-state index in [0.717, 1.165) is 54.3 Å². The summed E-state index contributed by atoms with van der Waals surface area (Å²) in [5.74, 6) is 3.40. The smallest absolute Gasteiger partial charge is 0.225 e. The number of para-hydroxylation sites is 1. The molecule has 6 heteroatoms. The molecule has 4 rings (SSSR count). The van der Waals surface area contributed by atoms with Crippen molar-refractivity contribution in [3.63, 3.8) is 0 Å². The number of methoxy groups -OCH3 is 1. The molecule has 0 amide bonds. The average molecular weight is 532 g/mol. The Labute approximate surface area is 236 Å². The van der Waals surface area contributed by atoms with Gasteiger partial charge in [0.25, 0.3) is 0 Å². The number of aromatic nitrogens is 2. The molecule has 2 aromatic carbocycles. The van der Waals surface area contributed by atoms with E-state index in [2.05, 4.69) is 81.3 Å². The van der Waals surface area contributed by atoms with Crippen molar-refractivity contribution >= 4 is 22.7 Å². The Morgan fingerprint density at radius 2 is 1.62 bits per heavy atom. The number of hydrogen-bond acceptors (Lipinski definition) is 6. The second kappa shape index (κ2) is 11.7. The summed E-state index contributed by atoms with van der Waals surface area (Å²) in [5, 5.41) is 8.50. The van der Waals surface area contributed by atoms with Crippen LogP contribution >= 0.6 is 0 Å². The van der Waals surface area contributed by atoms with Gasteiger partial charge in [0.05, 0.1) is 12.6 Å². The van der Waals surface area contributed by atoms with Gasteiger partial charge in [-0.15, -0.1) is 0 Å². The van der Waals surface area contributed by atoms with Crippen molar-refractivity contribution in [1.82, 2.24) is 15.3 Å². The molecule has 0 radical (unpaired) electrons. The number of nitrogens with one attached hydrogen (secondary N) is 2. The third-order valence-electron chi connectivity index (χ3n) is 7.98. The van der Waals surface area contributed by atoms with E-state index in [1.165, 1.54) is 29.5 Å². The maximum Gasteiger partial charge on any atom is 0.225 e. The summed E-state index contributed by atoms with van der Waals surface area (Å²) in [6.07, 6.45) is 4.67. The molecule has 39 heavy (non-hydrogen) atoms. The molecule has 6 nitrogen and oxygen atoms in total. The molecule has 0 bridgehead atoms. The highest BCUT2D eigenvalue weighted by Crippen LogP contribution is 2.38. The van der Waals surface area contributed by atoms with Gasteiger partial charge in [0.15, 0.2) is 0 Å². The first-order chi connectivity index (χ1) is 18.4. The lowest BCUT2D eigenvalue weighted by atomic mass is 9.79. The minimum atomic E-state index is 0.0226. The molecular weight excluding hydrogens is 482 g/mol. The van der Waals surface area contributed by atoms with Crippen molar-refractivity contribution in [2.45, 2.75) is 90.6 Å². The van der Waals surface area contributed by atoms with Crippen LogP contribution in [0, 0.1) is 5.92 Å². The largest absolute Gasteiger partial charge is 0.496 e. The summed E-state index contributed by atoms with van der Waals surface area (Å²) in [6.45, 7) is 15.5.